The summed E-state index contributed by atoms with van der Waals surface area (Å²) in [5, 5.41) is 11.6. The summed E-state index contributed by atoms with van der Waals surface area (Å²) in [6.45, 7) is 8.46. The molecule has 2 fully saturated rings. The van der Waals surface area contributed by atoms with Crippen LogP contribution < -0.4 is 5.32 Å². The van der Waals surface area contributed by atoms with Crippen LogP contribution in [-0.4, -0.2) is 86.1 Å². The number of imidazole rings is 1. The third kappa shape index (κ3) is 4.72. The van der Waals surface area contributed by atoms with Gasteiger partial charge in [-0.1, -0.05) is 5.21 Å². The van der Waals surface area contributed by atoms with E-state index in [1.807, 2.05) is 23.6 Å². The Balaban J connectivity index is 1.24. The van der Waals surface area contributed by atoms with Gasteiger partial charge in [-0.25, -0.2) is 4.98 Å². The predicted molar refractivity (Wildman–Crippen MR) is 100 cm³/mol. The highest BCUT2D eigenvalue weighted by atomic mass is 16.2. The highest BCUT2D eigenvalue weighted by Crippen LogP contribution is 2.20. The molecule has 0 bridgehead atoms. The molecule has 0 unspecified atom stereocenters. The monoisotopic (exact) mass is 372 g/mol. The van der Waals surface area contributed by atoms with E-state index in [0.29, 0.717) is 11.6 Å². The van der Waals surface area contributed by atoms with Gasteiger partial charge in [0.25, 0.3) is 5.91 Å². The van der Waals surface area contributed by atoms with Gasteiger partial charge in [-0.05, 0) is 18.8 Å². The van der Waals surface area contributed by atoms with Crippen molar-refractivity contribution in [1.29, 1.82) is 0 Å². The number of amides is 1. The zero-order valence-electron chi connectivity index (χ0n) is 15.7. The summed E-state index contributed by atoms with van der Waals surface area (Å²) >= 11 is 0. The summed E-state index contributed by atoms with van der Waals surface area (Å²) in [5.41, 5.74) is 0.461. The quantitative estimate of drug-likeness (QED) is 0.764. The second kappa shape index (κ2) is 8.62. The molecule has 2 aromatic rings. The van der Waals surface area contributed by atoms with Crippen LogP contribution in [0.2, 0.25) is 0 Å². The minimum Gasteiger partial charge on any atom is -0.337 e. The average molecular weight is 372 g/mol. The predicted octanol–water partition coefficient (Wildman–Crippen LogP) is -0.0678. The molecule has 1 amide bonds. The van der Waals surface area contributed by atoms with Crippen LogP contribution in [-0.2, 0) is 13.1 Å². The van der Waals surface area contributed by atoms with Crippen molar-refractivity contribution < 1.29 is 4.79 Å². The maximum absolute atomic E-state index is 12.7. The van der Waals surface area contributed by atoms with Crippen molar-refractivity contribution in [3.05, 3.63) is 30.6 Å². The average Bonchev–Trinajstić information content (AvgIpc) is 3.39. The van der Waals surface area contributed by atoms with E-state index >= 15 is 0 Å². The third-order valence-corrected chi connectivity index (χ3v) is 5.54. The van der Waals surface area contributed by atoms with Gasteiger partial charge >= 0.3 is 0 Å². The molecule has 2 aliphatic heterocycles. The van der Waals surface area contributed by atoms with Crippen molar-refractivity contribution in [2.45, 2.75) is 25.9 Å². The summed E-state index contributed by atoms with van der Waals surface area (Å²) in [7, 11) is 0. The molecular formula is C18H28N8O. The molecule has 1 N–H and O–H groups in total. The van der Waals surface area contributed by atoms with Gasteiger partial charge < -0.3 is 14.8 Å². The van der Waals surface area contributed by atoms with Crippen LogP contribution in [0.3, 0.4) is 0 Å². The Kier molecular flexibility index (Phi) is 5.78. The van der Waals surface area contributed by atoms with E-state index in [2.05, 4.69) is 30.1 Å². The number of piperidine rings is 1. The van der Waals surface area contributed by atoms with Crippen LogP contribution in [0.1, 0.15) is 23.3 Å². The summed E-state index contributed by atoms with van der Waals surface area (Å²) < 4.78 is 3.91. The molecule has 9 nitrogen and oxygen atoms in total. The lowest BCUT2D eigenvalue weighted by molar-refractivity contribution is 0.0677. The summed E-state index contributed by atoms with van der Waals surface area (Å²) in [4.78, 5) is 21.1. The molecule has 0 aromatic carbocycles. The van der Waals surface area contributed by atoms with Crippen LogP contribution in [0.25, 0.3) is 0 Å². The normalized spacial score (nSPS) is 19.5. The van der Waals surface area contributed by atoms with Crippen LogP contribution in [0.4, 0.5) is 0 Å². The molecule has 0 radical (unpaired) electrons. The molecule has 4 rings (SSSR count). The number of nitrogens with one attached hydrogen (secondary N) is 1. The minimum absolute atomic E-state index is 0.00417. The minimum atomic E-state index is 0.00417. The van der Waals surface area contributed by atoms with Crippen molar-refractivity contribution in [3.8, 4) is 0 Å². The largest absolute Gasteiger partial charge is 0.337 e. The van der Waals surface area contributed by atoms with E-state index in [1.54, 1.807) is 10.9 Å². The molecule has 0 spiro atoms. The van der Waals surface area contributed by atoms with Gasteiger partial charge in [0, 0.05) is 64.8 Å². The Hall–Kier alpha value is -2.26. The third-order valence-electron chi connectivity index (χ3n) is 5.54. The molecule has 0 saturated carbocycles. The molecule has 4 heterocycles. The van der Waals surface area contributed by atoms with E-state index in [-0.39, 0.29) is 5.91 Å². The Morgan fingerprint density at radius 1 is 1.15 bits per heavy atom. The number of likely N-dealkylation sites (tertiary alicyclic amines) is 1. The summed E-state index contributed by atoms with van der Waals surface area (Å²) in [6.07, 6.45) is 9.49. The lowest BCUT2D eigenvalue weighted by Gasteiger charge is -2.31. The van der Waals surface area contributed by atoms with Crippen molar-refractivity contribution in [3.63, 3.8) is 0 Å². The van der Waals surface area contributed by atoms with Gasteiger partial charge in [0.2, 0.25) is 0 Å². The topological polar surface area (TPSA) is 84.1 Å². The first-order valence-corrected chi connectivity index (χ1v) is 9.86. The highest BCUT2D eigenvalue weighted by Gasteiger charge is 2.25. The van der Waals surface area contributed by atoms with E-state index in [4.69, 9.17) is 0 Å². The maximum Gasteiger partial charge on any atom is 0.276 e. The number of carbonyl (C=O) groups excluding carboxylic acids is 1. The van der Waals surface area contributed by atoms with Crippen LogP contribution in [0.15, 0.2) is 24.9 Å². The lowest BCUT2D eigenvalue weighted by atomic mass is 9.96. The first kappa shape index (κ1) is 18.1. The van der Waals surface area contributed by atoms with Crippen molar-refractivity contribution in [2.75, 3.05) is 45.8 Å². The second-order valence-corrected chi connectivity index (χ2v) is 7.45. The number of hydrogen-bond donors (Lipinski definition) is 1. The zero-order valence-corrected chi connectivity index (χ0v) is 15.7. The van der Waals surface area contributed by atoms with Crippen LogP contribution in [0, 0.1) is 5.92 Å². The number of carbonyl (C=O) groups is 1. The smallest absolute Gasteiger partial charge is 0.276 e. The van der Waals surface area contributed by atoms with E-state index < -0.39 is 0 Å². The van der Waals surface area contributed by atoms with Gasteiger partial charge in [-0.15, -0.1) is 5.10 Å². The van der Waals surface area contributed by atoms with Gasteiger partial charge in [0.1, 0.15) is 0 Å². The van der Waals surface area contributed by atoms with Gasteiger partial charge in [0.05, 0.1) is 19.1 Å². The fourth-order valence-electron chi connectivity index (χ4n) is 3.86. The summed E-state index contributed by atoms with van der Waals surface area (Å²) in [6, 6.07) is 0. The highest BCUT2D eigenvalue weighted by molar-refractivity contribution is 5.91. The molecule has 146 valence electrons. The Labute approximate surface area is 159 Å². The number of rotatable bonds is 6. The molecule has 2 aromatic heterocycles. The van der Waals surface area contributed by atoms with Crippen LogP contribution in [0.5, 0.6) is 0 Å². The van der Waals surface area contributed by atoms with Gasteiger partial charge in [0.15, 0.2) is 5.69 Å². The maximum atomic E-state index is 12.7. The molecular weight excluding hydrogens is 344 g/mol. The van der Waals surface area contributed by atoms with Crippen molar-refractivity contribution in [1.82, 2.24) is 39.7 Å². The molecule has 2 saturated heterocycles. The van der Waals surface area contributed by atoms with Gasteiger partial charge in [-0.3, -0.25) is 14.4 Å². The van der Waals surface area contributed by atoms with Crippen molar-refractivity contribution >= 4 is 5.91 Å². The lowest BCUT2D eigenvalue weighted by Crippen LogP contribution is -2.44. The van der Waals surface area contributed by atoms with Crippen LogP contribution >= 0.6 is 0 Å². The first-order valence-electron chi connectivity index (χ1n) is 9.86. The van der Waals surface area contributed by atoms with Crippen molar-refractivity contribution in [2.24, 2.45) is 5.92 Å². The molecule has 27 heavy (non-hydrogen) atoms. The number of hydrogen-bond acceptors (Lipinski definition) is 6. The van der Waals surface area contributed by atoms with E-state index in [1.165, 1.54) is 0 Å². The number of nitrogens with zero attached hydrogens (tertiary/aromatic N) is 7. The number of aromatic nitrogens is 5. The first-order chi connectivity index (χ1) is 13.3. The standard InChI is InChI=1S/C18H28N8O/c27-18(25-6-1-16(2-7-25)13-24-10-5-20-15-24)17-14-26(22-21-17)12-11-23-8-3-19-4-9-23/h5,10,14-16,19H,1-4,6-9,11-13H2. The van der Waals surface area contributed by atoms with Gasteiger partial charge in [-0.2, -0.15) is 0 Å². The Bertz CT molecular complexity index is 714. The molecule has 9 heteroatoms. The zero-order chi connectivity index (χ0) is 18.5. The molecule has 0 atom stereocenters. The Morgan fingerprint density at radius 3 is 2.70 bits per heavy atom. The van der Waals surface area contributed by atoms with E-state index in [0.717, 1.165) is 71.7 Å². The number of piperazine rings is 1. The van der Waals surface area contributed by atoms with E-state index in [9.17, 15) is 4.79 Å². The summed E-state index contributed by atoms with van der Waals surface area (Å²) in [5.74, 6) is 0.600. The molecule has 2 aliphatic rings. The Morgan fingerprint density at radius 2 is 1.96 bits per heavy atom. The SMILES string of the molecule is O=C(c1cn(CCN2CCNCC2)nn1)N1CCC(Cn2ccnc2)CC1. The fourth-order valence-corrected chi connectivity index (χ4v) is 3.86. The second-order valence-electron chi connectivity index (χ2n) is 7.45. The molecule has 0 aliphatic carbocycles. The fraction of sp³-hybridized carbons (Fsp3) is 0.667.